The van der Waals surface area contributed by atoms with Gasteiger partial charge in [-0.2, -0.15) is 5.26 Å². The molecule has 0 radical (unpaired) electrons. The fourth-order valence-corrected chi connectivity index (χ4v) is 7.79. The molecule has 0 fully saturated rings. The minimum Gasteiger partial charge on any atom is -0.478 e. The summed E-state index contributed by atoms with van der Waals surface area (Å²) in [4.78, 5) is 0. The SMILES string of the molecule is N#Cc1cccc(-c2ccccc2-c2ccc3c(c2)OC2=CC4=C(CC2O3)C(c2ccccc2)(c2ccccc2)c2ccccc24)c1. The lowest BCUT2D eigenvalue weighted by Crippen LogP contribution is -2.36. The first-order valence-electron chi connectivity index (χ1n) is 16.0. The lowest BCUT2D eigenvalue weighted by molar-refractivity contribution is 0.143. The lowest BCUT2D eigenvalue weighted by atomic mass is 9.65. The Labute approximate surface area is 274 Å². The molecule has 3 nitrogen and oxygen atoms in total. The van der Waals surface area contributed by atoms with Gasteiger partial charge in [-0.05, 0) is 86.0 Å². The van der Waals surface area contributed by atoms with Gasteiger partial charge in [-0.1, -0.05) is 127 Å². The Balaban J connectivity index is 1.16. The van der Waals surface area contributed by atoms with E-state index in [0.717, 1.165) is 33.8 Å². The molecule has 0 amide bonds. The Morgan fingerprint density at radius 2 is 1.23 bits per heavy atom. The monoisotopic (exact) mass is 603 g/mol. The fraction of sp³-hybridized carbons (Fsp3) is 0.0682. The maximum absolute atomic E-state index is 9.49. The van der Waals surface area contributed by atoms with Crippen molar-refractivity contribution in [2.24, 2.45) is 0 Å². The molecular weight excluding hydrogens is 574 g/mol. The molecule has 1 aliphatic heterocycles. The summed E-state index contributed by atoms with van der Waals surface area (Å²) in [5.74, 6) is 2.28. The number of nitriles is 1. The number of rotatable bonds is 4. The summed E-state index contributed by atoms with van der Waals surface area (Å²) >= 11 is 0. The Kier molecular flexibility index (Phi) is 6.23. The van der Waals surface area contributed by atoms with E-state index in [1.165, 1.54) is 33.4 Å². The van der Waals surface area contributed by atoms with Gasteiger partial charge in [0.25, 0.3) is 0 Å². The molecule has 0 saturated heterocycles. The normalized spacial score (nSPS) is 16.7. The van der Waals surface area contributed by atoms with Gasteiger partial charge in [0.05, 0.1) is 17.0 Å². The van der Waals surface area contributed by atoms with E-state index in [0.29, 0.717) is 17.7 Å². The molecular formula is C44H29NO2. The van der Waals surface area contributed by atoms with E-state index >= 15 is 0 Å². The first-order valence-corrected chi connectivity index (χ1v) is 16.0. The average molecular weight is 604 g/mol. The molecule has 222 valence electrons. The lowest BCUT2D eigenvalue weighted by Gasteiger charge is -2.39. The predicted octanol–water partition coefficient (Wildman–Crippen LogP) is 10.1. The van der Waals surface area contributed by atoms with Gasteiger partial charge in [-0.3, -0.25) is 0 Å². The maximum atomic E-state index is 9.49. The van der Waals surface area contributed by atoms with Crippen LogP contribution >= 0.6 is 0 Å². The molecule has 0 N–H and O–H groups in total. The topological polar surface area (TPSA) is 42.2 Å². The zero-order valence-corrected chi connectivity index (χ0v) is 25.6. The van der Waals surface area contributed by atoms with E-state index < -0.39 is 5.41 Å². The van der Waals surface area contributed by atoms with Gasteiger partial charge >= 0.3 is 0 Å². The van der Waals surface area contributed by atoms with Gasteiger partial charge in [-0.25, -0.2) is 0 Å². The molecule has 47 heavy (non-hydrogen) atoms. The van der Waals surface area contributed by atoms with E-state index in [2.05, 4.69) is 121 Å². The zero-order valence-electron chi connectivity index (χ0n) is 25.6. The highest BCUT2D eigenvalue weighted by atomic mass is 16.6. The molecule has 6 aromatic carbocycles. The van der Waals surface area contributed by atoms with Crippen LogP contribution in [-0.4, -0.2) is 6.10 Å². The van der Waals surface area contributed by atoms with E-state index in [9.17, 15) is 5.26 Å². The number of hydrogen-bond acceptors (Lipinski definition) is 3. The fourth-order valence-electron chi connectivity index (χ4n) is 7.79. The van der Waals surface area contributed by atoms with Crippen LogP contribution in [0.15, 0.2) is 169 Å². The van der Waals surface area contributed by atoms with E-state index in [4.69, 9.17) is 9.47 Å². The molecule has 0 spiro atoms. The van der Waals surface area contributed by atoms with Crippen LogP contribution in [-0.2, 0) is 5.41 Å². The third-order valence-corrected chi connectivity index (χ3v) is 9.79. The second kappa shape index (κ2) is 10.8. The van der Waals surface area contributed by atoms with Crippen LogP contribution in [0, 0.1) is 11.3 Å². The highest BCUT2D eigenvalue weighted by Crippen LogP contribution is 2.58. The van der Waals surface area contributed by atoms with Crippen molar-refractivity contribution >= 4 is 5.57 Å². The van der Waals surface area contributed by atoms with Crippen molar-refractivity contribution in [3.05, 3.63) is 197 Å². The Morgan fingerprint density at radius 3 is 1.94 bits per heavy atom. The quantitative estimate of drug-likeness (QED) is 0.201. The van der Waals surface area contributed by atoms with Crippen LogP contribution < -0.4 is 9.47 Å². The van der Waals surface area contributed by atoms with Gasteiger partial charge < -0.3 is 9.47 Å². The van der Waals surface area contributed by atoms with Crippen molar-refractivity contribution < 1.29 is 9.47 Å². The summed E-state index contributed by atoms with van der Waals surface area (Å²) in [5.41, 5.74) is 11.9. The molecule has 3 aliphatic rings. The molecule has 0 saturated carbocycles. The number of nitrogens with zero attached hydrogens (tertiary/aromatic N) is 1. The van der Waals surface area contributed by atoms with Crippen molar-refractivity contribution in [3.63, 3.8) is 0 Å². The van der Waals surface area contributed by atoms with Gasteiger partial charge in [-0.15, -0.1) is 0 Å². The van der Waals surface area contributed by atoms with E-state index in [1.807, 2.05) is 42.5 Å². The smallest absolute Gasteiger partial charge is 0.169 e. The molecule has 3 heteroatoms. The molecule has 6 aromatic rings. The van der Waals surface area contributed by atoms with Crippen LogP contribution in [0.2, 0.25) is 0 Å². The third kappa shape index (κ3) is 4.19. The van der Waals surface area contributed by atoms with Crippen molar-refractivity contribution in [2.45, 2.75) is 17.9 Å². The maximum Gasteiger partial charge on any atom is 0.169 e. The molecule has 9 rings (SSSR count). The highest BCUT2D eigenvalue weighted by Gasteiger charge is 2.50. The number of fused-ring (bicyclic) bond motifs is 4. The number of allylic oxidation sites excluding steroid dienone is 2. The molecule has 1 atom stereocenters. The minimum absolute atomic E-state index is 0.241. The van der Waals surface area contributed by atoms with Gasteiger partial charge in [0, 0.05) is 6.42 Å². The van der Waals surface area contributed by atoms with Crippen LogP contribution in [0.4, 0.5) is 0 Å². The first kappa shape index (κ1) is 27.2. The predicted molar refractivity (Wildman–Crippen MR) is 186 cm³/mol. The summed E-state index contributed by atoms with van der Waals surface area (Å²) in [7, 11) is 0. The standard InChI is InChI=1S/C44H29NO2/c45-28-29-12-11-13-30(24-29)34-18-7-8-19-35(34)31-22-23-40-41(25-31)47-42-26-37-36-20-9-10-21-38(36)44(32-14-3-1-4-15-32,33-16-5-2-6-17-33)39(37)27-43(42)46-40/h1-26,43H,27H2. The Morgan fingerprint density at radius 1 is 0.596 bits per heavy atom. The second-order valence-corrected chi connectivity index (χ2v) is 12.3. The summed E-state index contributed by atoms with van der Waals surface area (Å²) in [6.07, 6.45) is 2.68. The largest absolute Gasteiger partial charge is 0.478 e. The highest BCUT2D eigenvalue weighted by molar-refractivity contribution is 5.91. The summed E-state index contributed by atoms with van der Waals surface area (Å²) in [6, 6.07) is 55.0. The second-order valence-electron chi connectivity index (χ2n) is 12.3. The van der Waals surface area contributed by atoms with Gasteiger partial charge in [0.15, 0.2) is 17.6 Å². The molecule has 1 unspecified atom stereocenters. The number of ether oxygens (including phenoxy) is 2. The summed E-state index contributed by atoms with van der Waals surface area (Å²) < 4.78 is 13.5. The molecule has 2 aliphatic carbocycles. The summed E-state index contributed by atoms with van der Waals surface area (Å²) in [6.45, 7) is 0. The third-order valence-electron chi connectivity index (χ3n) is 9.79. The van der Waals surface area contributed by atoms with E-state index in [1.54, 1.807) is 0 Å². The molecule has 0 bridgehead atoms. The number of hydrogen-bond donors (Lipinski definition) is 0. The van der Waals surface area contributed by atoms with Crippen molar-refractivity contribution in [1.29, 1.82) is 5.26 Å². The van der Waals surface area contributed by atoms with E-state index in [-0.39, 0.29) is 6.10 Å². The Bertz CT molecular complexity index is 2250. The zero-order chi connectivity index (χ0) is 31.4. The van der Waals surface area contributed by atoms with Crippen molar-refractivity contribution in [3.8, 4) is 39.8 Å². The minimum atomic E-state index is -0.434. The van der Waals surface area contributed by atoms with Crippen molar-refractivity contribution in [2.75, 3.05) is 0 Å². The Hall–Kier alpha value is -6.11. The van der Waals surface area contributed by atoms with Crippen molar-refractivity contribution in [1.82, 2.24) is 0 Å². The van der Waals surface area contributed by atoms with Crippen LogP contribution in [0.3, 0.4) is 0 Å². The molecule has 1 heterocycles. The van der Waals surface area contributed by atoms with Gasteiger partial charge in [0.2, 0.25) is 0 Å². The van der Waals surface area contributed by atoms with Crippen LogP contribution in [0.5, 0.6) is 11.5 Å². The first-order chi connectivity index (χ1) is 23.2. The van der Waals surface area contributed by atoms with Crippen LogP contribution in [0.1, 0.15) is 34.2 Å². The van der Waals surface area contributed by atoms with Gasteiger partial charge in [0.1, 0.15) is 5.76 Å². The van der Waals surface area contributed by atoms with Crippen LogP contribution in [0.25, 0.3) is 27.8 Å². The average Bonchev–Trinajstić information content (AvgIpc) is 3.43. The molecule has 0 aromatic heterocycles. The summed E-state index contributed by atoms with van der Waals surface area (Å²) in [5, 5.41) is 9.49. The number of benzene rings is 6.